The average molecular weight is 270 g/mol. The molecule has 0 N–H and O–H groups in total. The number of hydrogen-bond acceptors (Lipinski definition) is 3. The molecule has 1 aromatic heterocycles. The summed E-state index contributed by atoms with van der Waals surface area (Å²) in [5.74, 6) is 0.723. The van der Waals surface area contributed by atoms with E-state index in [2.05, 4.69) is 49.1 Å². The van der Waals surface area contributed by atoms with Gasteiger partial charge in [0.15, 0.2) is 0 Å². The minimum Gasteiger partial charge on any atom is -0.477 e. The number of ether oxygens (including phenoxy) is 1. The van der Waals surface area contributed by atoms with Crippen molar-refractivity contribution in [1.29, 1.82) is 0 Å². The first-order valence-electron chi connectivity index (χ1n) is 6.96. The van der Waals surface area contributed by atoms with Gasteiger partial charge >= 0.3 is 0 Å². The highest BCUT2D eigenvalue weighted by atomic mass is 16.5. The van der Waals surface area contributed by atoms with Gasteiger partial charge in [-0.05, 0) is 44.6 Å². The Morgan fingerprint density at radius 3 is 2.60 bits per heavy atom. The van der Waals surface area contributed by atoms with Crippen LogP contribution in [-0.4, -0.2) is 37.1 Å². The summed E-state index contributed by atoms with van der Waals surface area (Å²) in [5, 5.41) is 0. The Morgan fingerprint density at radius 1 is 1.15 bits per heavy atom. The fourth-order valence-corrected chi connectivity index (χ4v) is 2.05. The van der Waals surface area contributed by atoms with Gasteiger partial charge in [0.25, 0.3) is 0 Å². The quantitative estimate of drug-likeness (QED) is 0.752. The first-order chi connectivity index (χ1) is 9.66. The first kappa shape index (κ1) is 14.5. The molecular formula is C17H22N2O. The zero-order valence-corrected chi connectivity index (χ0v) is 12.5. The molecule has 0 unspecified atom stereocenters. The fourth-order valence-electron chi connectivity index (χ4n) is 2.05. The molecule has 0 aliphatic heterocycles. The van der Waals surface area contributed by atoms with Gasteiger partial charge in [0.1, 0.15) is 0 Å². The van der Waals surface area contributed by atoms with Gasteiger partial charge in [-0.2, -0.15) is 0 Å². The van der Waals surface area contributed by atoms with Crippen molar-refractivity contribution in [3.63, 3.8) is 0 Å². The van der Waals surface area contributed by atoms with E-state index < -0.39 is 0 Å². The zero-order valence-electron chi connectivity index (χ0n) is 12.5. The van der Waals surface area contributed by atoms with E-state index in [1.807, 2.05) is 24.4 Å². The summed E-state index contributed by atoms with van der Waals surface area (Å²) >= 11 is 0. The van der Waals surface area contributed by atoms with Crippen molar-refractivity contribution in [2.24, 2.45) is 0 Å². The van der Waals surface area contributed by atoms with E-state index in [-0.39, 0.29) is 0 Å². The summed E-state index contributed by atoms with van der Waals surface area (Å²) in [6.45, 7) is 3.76. The lowest BCUT2D eigenvalue weighted by atomic mass is 10.1. The average Bonchev–Trinajstić information content (AvgIpc) is 2.45. The topological polar surface area (TPSA) is 25.4 Å². The number of pyridine rings is 1. The Morgan fingerprint density at radius 2 is 1.90 bits per heavy atom. The number of aromatic nitrogens is 1. The lowest BCUT2D eigenvalue weighted by molar-refractivity contribution is 0.274. The van der Waals surface area contributed by atoms with Crippen molar-refractivity contribution in [3.8, 4) is 17.0 Å². The number of rotatable bonds is 6. The molecule has 0 atom stereocenters. The third-order valence-corrected chi connectivity index (χ3v) is 3.06. The fraction of sp³-hybridized carbons (Fsp3) is 0.353. The highest BCUT2D eigenvalue weighted by molar-refractivity contribution is 5.68. The molecule has 0 saturated heterocycles. The van der Waals surface area contributed by atoms with Gasteiger partial charge in [0.2, 0.25) is 5.88 Å². The van der Waals surface area contributed by atoms with E-state index in [1.165, 1.54) is 0 Å². The lowest BCUT2D eigenvalue weighted by Gasteiger charge is -2.13. The number of aryl methyl sites for hydroxylation is 1. The van der Waals surface area contributed by atoms with Crippen LogP contribution in [0.3, 0.4) is 0 Å². The smallest absolute Gasteiger partial charge is 0.221 e. The van der Waals surface area contributed by atoms with E-state index in [0.717, 1.165) is 35.5 Å². The molecule has 0 saturated carbocycles. The van der Waals surface area contributed by atoms with Gasteiger partial charge in [-0.25, -0.2) is 4.98 Å². The van der Waals surface area contributed by atoms with E-state index >= 15 is 0 Å². The van der Waals surface area contributed by atoms with Crippen LogP contribution in [0.2, 0.25) is 0 Å². The highest BCUT2D eigenvalue weighted by Gasteiger charge is 2.08. The van der Waals surface area contributed by atoms with Gasteiger partial charge in [0, 0.05) is 18.3 Å². The van der Waals surface area contributed by atoms with Crippen molar-refractivity contribution in [2.45, 2.75) is 13.3 Å². The molecule has 1 aromatic carbocycles. The maximum Gasteiger partial charge on any atom is 0.221 e. The van der Waals surface area contributed by atoms with Crippen molar-refractivity contribution >= 4 is 0 Å². The first-order valence-corrected chi connectivity index (χ1v) is 6.96. The summed E-state index contributed by atoms with van der Waals surface area (Å²) in [6.07, 6.45) is 2.85. The minimum absolute atomic E-state index is 0.689. The Kier molecular flexibility index (Phi) is 5.13. The van der Waals surface area contributed by atoms with Gasteiger partial charge < -0.3 is 9.64 Å². The molecule has 0 fully saturated rings. The molecule has 1 heterocycles. The van der Waals surface area contributed by atoms with E-state index in [9.17, 15) is 0 Å². The molecule has 106 valence electrons. The Balaban J connectivity index is 2.12. The largest absolute Gasteiger partial charge is 0.477 e. The van der Waals surface area contributed by atoms with E-state index in [0.29, 0.717) is 6.61 Å². The molecule has 0 aliphatic rings. The SMILES string of the molecule is Cc1cnc(OCCCN(C)C)c(-c2ccccc2)c1. The summed E-state index contributed by atoms with van der Waals surface area (Å²) in [7, 11) is 4.14. The normalized spacial score (nSPS) is 10.8. The van der Waals surface area contributed by atoms with Crippen LogP contribution in [0.5, 0.6) is 5.88 Å². The van der Waals surface area contributed by atoms with Crippen LogP contribution in [0.15, 0.2) is 42.6 Å². The zero-order chi connectivity index (χ0) is 14.4. The number of benzene rings is 1. The molecule has 0 bridgehead atoms. The Hall–Kier alpha value is -1.87. The van der Waals surface area contributed by atoms with E-state index in [1.54, 1.807) is 0 Å². The van der Waals surface area contributed by atoms with Crippen molar-refractivity contribution in [2.75, 3.05) is 27.2 Å². The van der Waals surface area contributed by atoms with Crippen LogP contribution in [-0.2, 0) is 0 Å². The maximum atomic E-state index is 5.86. The minimum atomic E-state index is 0.689. The lowest BCUT2D eigenvalue weighted by Crippen LogP contribution is -2.15. The summed E-state index contributed by atoms with van der Waals surface area (Å²) < 4.78 is 5.86. The van der Waals surface area contributed by atoms with Gasteiger partial charge in [0.05, 0.1) is 6.61 Å². The second-order valence-electron chi connectivity index (χ2n) is 5.24. The molecule has 20 heavy (non-hydrogen) atoms. The van der Waals surface area contributed by atoms with Crippen LogP contribution in [0, 0.1) is 6.92 Å². The molecule has 0 spiro atoms. The second-order valence-corrected chi connectivity index (χ2v) is 5.24. The molecule has 2 aromatic rings. The molecule has 0 amide bonds. The maximum absolute atomic E-state index is 5.86. The number of nitrogens with zero attached hydrogens (tertiary/aromatic N) is 2. The predicted molar refractivity (Wildman–Crippen MR) is 83.1 cm³/mol. The van der Waals surface area contributed by atoms with Crippen LogP contribution >= 0.6 is 0 Å². The van der Waals surface area contributed by atoms with Crippen LogP contribution in [0.4, 0.5) is 0 Å². The highest BCUT2D eigenvalue weighted by Crippen LogP contribution is 2.28. The summed E-state index contributed by atoms with van der Waals surface area (Å²) in [4.78, 5) is 6.59. The van der Waals surface area contributed by atoms with Crippen LogP contribution in [0.1, 0.15) is 12.0 Å². The van der Waals surface area contributed by atoms with Gasteiger partial charge in [-0.1, -0.05) is 30.3 Å². The summed E-state index contributed by atoms with van der Waals surface area (Å²) in [5.41, 5.74) is 3.35. The van der Waals surface area contributed by atoms with Gasteiger partial charge in [-0.15, -0.1) is 0 Å². The molecule has 3 nitrogen and oxygen atoms in total. The predicted octanol–water partition coefficient (Wildman–Crippen LogP) is 3.39. The molecule has 2 rings (SSSR count). The van der Waals surface area contributed by atoms with Gasteiger partial charge in [-0.3, -0.25) is 0 Å². The van der Waals surface area contributed by atoms with Crippen LogP contribution in [0.25, 0.3) is 11.1 Å². The Bertz CT molecular complexity index is 538. The molecule has 3 heteroatoms. The third kappa shape index (κ3) is 4.07. The van der Waals surface area contributed by atoms with Crippen molar-refractivity contribution < 1.29 is 4.74 Å². The molecule has 0 aliphatic carbocycles. The van der Waals surface area contributed by atoms with Crippen LogP contribution < -0.4 is 4.74 Å². The summed E-state index contributed by atoms with van der Waals surface area (Å²) in [6, 6.07) is 12.4. The third-order valence-electron chi connectivity index (χ3n) is 3.06. The standard InChI is InChI=1S/C17H22N2O/c1-14-12-16(15-8-5-4-6-9-15)17(18-13-14)20-11-7-10-19(2)3/h4-6,8-9,12-13H,7,10-11H2,1-3H3. The van der Waals surface area contributed by atoms with E-state index in [4.69, 9.17) is 4.74 Å². The van der Waals surface area contributed by atoms with Crippen molar-refractivity contribution in [3.05, 3.63) is 48.2 Å². The molecular weight excluding hydrogens is 248 g/mol. The molecule has 0 radical (unpaired) electrons. The monoisotopic (exact) mass is 270 g/mol. The van der Waals surface area contributed by atoms with Crippen molar-refractivity contribution in [1.82, 2.24) is 9.88 Å². The Labute approximate surface area is 121 Å². The number of hydrogen-bond donors (Lipinski definition) is 0. The second kappa shape index (κ2) is 7.06.